The number of guanidine groups is 1. The van der Waals surface area contributed by atoms with E-state index in [0.29, 0.717) is 19.4 Å². The third-order valence-electron chi connectivity index (χ3n) is 6.08. The maximum Gasteiger partial charge on any atom is 0.437 e. The molecule has 0 spiro atoms. The second-order valence-electron chi connectivity index (χ2n) is 10.6. The number of amides is 2. The van der Waals surface area contributed by atoms with Crippen LogP contribution in [0.5, 0.6) is 5.75 Å². The maximum atomic E-state index is 13.9. The molecule has 0 radical (unpaired) electrons. The molecule has 1 atom stereocenters. The summed E-state index contributed by atoms with van der Waals surface area (Å²) in [4.78, 5) is 33.2. The Bertz CT molecular complexity index is 1290. The lowest BCUT2D eigenvalue weighted by molar-refractivity contribution is -0.138. The SMILES string of the molecule is CCCCC/C=C/COc1ccc(-c2noc([C@@H]3CCCN3C(=NC(=O)OC(C)(C)C)NC(=O)O)n2)cc1C(F)(F)F. The summed E-state index contributed by atoms with van der Waals surface area (Å²) in [5.41, 5.74) is -1.79. The summed E-state index contributed by atoms with van der Waals surface area (Å²) >= 11 is 0. The van der Waals surface area contributed by atoms with Crippen LogP contribution in [-0.2, 0) is 10.9 Å². The van der Waals surface area contributed by atoms with Gasteiger partial charge in [0.15, 0.2) is 0 Å². The van der Waals surface area contributed by atoms with Crippen molar-refractivity contribution >= 4 is 18.1 Å². The van der Waals surface area contributed by atoms with E-state index in [4.69, 9.17) is 14.0 Å². The summed E-state index contributed by atoms with van der Waals surface area (Å²) in [5, 5.41) is 15.3. The molecule has 1 aromatic carbocycles. The Hall–Kier alpha value is -4.10. The minimum Gasteiger partial charge on any atom is -0.489 e. The van der Waals surface area contributed by atoms with Crippen molar-refractivity contribution < 1.29 is 41.9 Å². The van der Waals surface area contributed by atoms with Crippen molar-refractivity contribution in [3.63, 3.8) is 0 Å². The first-order valence-electron chi connectivity index (χ1n) is 13.7. The number of aromatic nitrogens is 2. The molecule has 0 unspecified atom stereocenters. The van der Waals surface area contributed by atoms with E-state index in [1.807, 2.05) is 6.08 Å². The molecule has 0 aliphatic carbocycles. The first-order chi connectivity index (χ1) is 19.8. The molecule has 11 nitrogen and oxygen atoms in total. The van der Waals surface area contributed by atoms with E-state index in [9.17, 15) is 27.9 Å². The van der Waals surface area contributed by atoms with Crippen LogP contribution in [0.2, 0.25) is 0 Å². The zero-order valence-corrected chi connectivity index (χ0v) is 24.0. The van der Waals surface area contributed by atoms with Gasteiger partial charge in [-0.15, -0.1) is 4.99 Å². The van der Waals surface area contributed by atoms with Crippen molar-refractivity contribution in [2.45, 2.75) is 84.0 Å². The van der Waals surface area contributed by atoms with Gasteiger partial charge in [-0.25, -0.2) is 9.59 Å². The fraction of sp³-hybridized carbons (Fsp3) is 0.536. The number of carbonyl (C=O) groups is 2. The minimum absolute atomic E-state index is 0.00398. The highest BCUT2D eigenvalue weighted by atomic mass is 19.4. The molecule has 1 aromatic heterocycles. The lowest BCUT2D eigenvalue weighted by Crippen LogP contribution is -2.44. The molecule has 1 saturated heterocycles. The molecule has 1 aliphatic heterocycles. The van der Waals surface area contributed by atoms with Gasteiger partial charge in [0.2, 0.25) is 17.7 Å². The lowest BCUT2D eigenvalue weighted by atomic mass is 10.1. The zero-order valence-electron chi connectivity index (χ0n) is 24.0. The average Bonchev–Trinajstić information content (AvgIpc) is 3.56. The van der Waals surface area contributed by atoms with Crippen molar-refractivity contribution in [2.24, 2.45) is 4.99 Å². The molecule has 2 heterocycles. The predicted molar refractivity (Wildman–Crippen MR) is 147 cm³/mol. The van der Waals surface area contributed by atoms with E-state index in [1.165, 1.54) is 17.0 Å². The standard InChI is InChI=1S/C28H36F3N5O6/c1-5-6-7-8-9-10-16-40-21-14-13-18(17-19(21)28(29,30)31)22-32-23(42-35-22)20-12-11-15-36(20)24(33-25(37)38)34-26(39)41-27(2,3)4/h9-10,13-14,17,20H,5-8,11-12,15-16H2,1-4H3,(H,37,38)(H,33,34,39)/b10-9+/t20-/m0/s1. The second-order valence-corrected chi connectivity index (χ2v) is 10.6. The van der Waals surface area contributed by atoms with Crippen LogP contribution in [0.15, 0.2) is 39.9 Å². The Labute approximate surface area is 241 Å². The molecule has 42 heavy (non-hydrogen) atoms. The highest BCUT2D eigenvalue weighted by Gasteiger charge is 2.37. The van der Waals surface area contributed by atoms with Gasteiger partial charge >= 0.3 is 18.4 Å². The number of allylic oxidation sites excluding steroid dienone is 1. The number of rotatable bonds is 9. The Morgan fingerprint density at radius 2 is 2.00 bits per heavy atom. The first kappa shape index (κ1) is 32.4. The monoisotopic (exact) mass is 595 g/mol. The molecule has 2 aromatic rings. The second kappa shape index (κ2) is 14.2. The number of alkyl halides is 3. The van der Waals surface area contributed by atoms with Crippen molar-refractivity contribution in [1.82, 2.24) is 20.4 Å². The fourth-order valence-corrected chi connectivity index (χ4v) is 4.25. The number of nitrogens with one attached hydrogen (secondary N) is 1. The highest BCUT2D eigenvalue weighted by Crippen LogP contribution is 2.39. The molecular formula is C28H36F3N5O6. The zero-order chi connectivity index (χ0) is 30.9. The number of ether oxygens (including phenoxy) is 2. The van der Waals surface area contributed by atoms with Gasteiger partial charge < -0.3 is 24.0 Å². The number of likely N-dealkylation sites (tertiary alicyclic amines) is 1. The van der Waals surface area contributed by atoms with Crippen molar-refractivity contribution in [1.29, 1.82) is 0 Å². The summed E-state index contributed by atoms with van der Waals surface area (Å²) in [6.45, 7) is 7.29. The van der Waals surface area contributed by atoms with Crippen LogP contribution in [0, 0.1) is 0 Å². The smallest absolute Gasteiger partial charge is 0.437 e. The van der Waals surface area contributed by atoms with Crippen molar-refractivity contribution in [3.8, 4) is 17.1 Å². The largest absolute Gasteiger partial charge is 0.489 e. The Morgan fingerprint density at radius 1 is 1.24 bits per heavy atom. The molecule has 2 amide bonds. The van der Waals surface area contributed by atoms with Gasteiger partial charge in [0, 0.05) is 12.1 Å². The normalized spacial score (nSPS) is 16.2. The molecule has 3 rings (SSSR count). The fourth-order valence-electron chi connectivity index (χ4n) is 4.25. The van der Waals surface area contributed by atoms with Crippen LogP contribution in [0.4, 0.5) is 22.8 Å². The molecule has 1 fully saturated rings. The third kappa shape index (κ3) is 9.48. The summed E-state index contributed by atoms with van der Waals surface area (Å²) in [6.07, 6.45) is 1.44. The number of benzene rings is 1. The number of hydrogen-bond donors (Lipinski definition) is 2. The first-order valence-corrected chi connectivity index (χ1v) is 13.7. The Morgan fingerprint density at radius 3 is 2.67 bits per heavy atom. The van der Waals surface area contributed by atoms with Crippen LogP contribution in [0.3, 0.4) is 0 Å². The van der Waals surface area contributed by atoms with Gasteiger partial charge in [0.1, 0.15) is 24.0 Å². The molecular weight excluding hydrogens is 559 g/mol. The average molecular weight is 596 g/mol. The van der Waals surface area contributed by atoms with E-state index in [0.717, 1.165) is 31.7 Å². The van der Waals surface area contributed by atoms with E-state index in [2.05, 4.69) is 27.4 Å². The van der Waals surface area contributed by atoms with Gasteiger partial charge in [-0.2, -0.15) is 18.2 Å². The lowest BCUT2D eigenvalue weighted by Gasteiger charge is -2.25. The van der Waals surface area contributed by atoms with Gasteiger partial charge in [-0.1, -0.05) is 37.1 Å². The minimum atomic E-state index is -4.69. The highest BCUT2D eigenvalue weighted by molar-refractivity contribution is 5.98. The van der Waals surface area contributed by atoms with Gasteiger partial charge in [0.25, 0.3) is 0 Å². The quantitative estimate of drug-likeness (QED) is 0.136. The van der Waals surface area contributed by atoms with Crippen molar-refractivity contribution in [2.75, 3.05) is 13.2 Å². The van der Waals surface area contributed by atoms with E-state index in [1.54, 1.807) is 26.8 Å². The Balaban J connectivity index is 1.81. The summed E-state index contributed by atoms with van der Waals surface area (Å²) in [6, 6.07) is 2.82. The number of aliphatic imine (C=N–C) groups is 1. The molecule has 1 aliphatic rings. The topological polar surface area (TPSA) is 139 Å². The van der Waals surface area contributed by atoms with Crippen molar-refractivity contribution in [3.05, 3.63) is 41.8 Å². The van der Waals surface area contributed by atoms with Crippen LogP contribution in [0.25, 0.3) is 11.4 Å². The van der Waals surface area contributed by atoms with E-state index >= 15 is 0 Å². The number of halogens is 3. The number of nitrogens with zero attached hydrogens (tertiary/aromatic N) is 4. The van der Waals surface area contributed by atoms with Crippen LogP contribution >= 0.6 is 0 Å². The molecule has 230 valence electrons. The summed E-state index contributed by atoms with van der Waals surface area (Å²) in [7, 11) is 0. The van der Waals surface area contributed by atoms with Crippen LogP contribution in [0.1, 0.15) is 83.7 Å². The van der Waals surface area contributed by atoms with E-state index in [-0.39, 0.29) is 35.6 Å². The van der Waals surface area contributed by atoms with Gasteiger partial charge in [-0.3, -0.25) is 5.32 Å². The maximum absolute atomic E-state index is 13.9. The summed E-state index contributed by atoms with van der Waals surface area (Å²) < 4.78 is 57.6. The third-order valence-corrected chi connectivity index (χ3v) is 6.08. The summed E-state index contributed by atoms with van der Waals surface area (Å²) in [5.74, 6) is -0.688. The van der Waals surface area contributed by atoms with Crippen LogP contribution < -0.4 is 10.1 Å². The van der Waals surface area contributed by atoms with Gasteiger partial charge in [-0.05, 0) is 64.7 Å². The molecule has 14 heteroatoms. The van der Waals surface area contributed by atoms with E-state index < -0.39 is 35.6 Å². The predicted octanol–water partition coefficient (Wildman–Crippen LogP) is 6.97. The number of unbranched alkanes of at least 4 members (excludes halogenated alkanes) is 3. The van der Waals surface area contributed by atoms with Crippen LogP contribution in [-0.4, -0.2) is 57.0 Å². The molecule has 2 N–H and O–H groups in total. The molecule has 0 bridgehead atoms. The number of carboxylic acid groups (broad SMARTS) is 1. The number of hydrogen-bond acceptors (Lipinski definition) is 7. The molecule has 0 saturated carbocycles. The number of carbonyl (C=O) groups excluding carboxylic acids is 1. The Kier molecular flexibility index (Phi) is 10.9. The van der Waals surface area contributed by atoms with Gasteiger partial charge in [0.05, 0.1) is 5.56 Å².